The first kappa shape index (κ1) is 90.5. The van der Waals surface area contributed by atoms with Crippen LogP contribution in [0.3, 0.4) is 0 Å². The standard InChI is InChI=1S/C122H148N2/c1-111(2,3)89-43-39-42-78(51-89)80-49-81(84-52-90(112(4,5)6)67-91(53-84)113(7,8)9)62-101(61-80)123-103-65-88(59-97(72-103)119(25,26)27)87-58-96(118(22,23)24)71-100(60-87)122(34,35)75-76-40-38-41-77(48-76)79-46-47-107-108(66-79)110(123)106-45-37-36-44-105(106)109(107)124(104-73-98(120(28,29)30)70-99(74-104)121(31,32)33)102-63-82(85-54-92(114(10,11)12)68-93(55-85)115(13,14)15)50-83(64-102)86-56-94(116(16,17)18)69-95(57-86)117(19,20)21/h36-39,41-74,76H,40,75H2,1-35H3. The number of rotatable bonds is 8. The van der Waals surface area contributed by atoms with Crippen LogP contribution in [0.5, 0.6) is 0 Å². The van der Waals surface area contributed by atoms with Crippen LogP contribution in [0.1, 0.15) is 327 Å². The van der Waals surface area contributed by atoms with E-state index in [9.17, 15) is 0 Å². The highest BCUT2D eigenvalue weighted by Gasteiger charge is 2.36. The molecule has 0 fully saturated rings. The van der Waals surface area contributed by atoms with Crippen LogP contribution < -0.4 is 9.80 Å². The molecule has 0 saturated heterocycles. The van der Waals surface area contributed by atoms with Gasteiger partial charge in [0.2, 0.25) is 0 Å². The monoisotopic (exact) mass is 1640 g/mol. The average molecular weight is 1640 g/mol. The number of allylic oxidation sites excluding steroid dienone is 4. The topological polar surface area (TPSA) is 6.48 Å². The first-order valence-corrected chi connectivity index (χ1v) is 46.4. The van der Waals surface area contributed by atoms with E-state index in [2.05, 4.69) is 483 Å². The van der Waals surface area contributed by atoms with Gasteiger partial charge in [0, 0.05) is 44.3 Å². The zero-order chi connectivity index (χ0) is 90.6. The van der Waals surface area contributed by atoms with Crippen molar-refractivity contribution in [3.8, 4) is 55.6 Å². The third-order valence-electron chi connectivity index (χ3n) is 26.9. The zero-order valence-electron chi connectivity index (χ0n) is 82.8. The molecule has 0 saturated carbocycles. The molecule has 0 spiro atoms. The average Bonchev–Trinajstić information content (AvgIpc) is 0.710. The van der Waals surface area contributed by atoms with Crippen LogP contribution in [0.4, 0.5) is 34.1 Å². The van der Waals surface area contributed by atoms with Gasteiger partial charge >= 0.3 is 0 Å². The minimum atomic E-state index is -0.276. The predicted octanol–water partition coefficient (Wildman–Crippen LogP) is 36.2. The predicted molar refractivity (Wildman–Crippen MR) is 547 cm³/mol. The third-order valence-corrected chi connectivity index (χ3v) is 26.9. The summed E-state index contributed by atoms with van der Waals surface area (Å²) in [7, 11) is 0. The molecule has 12 aromatic carbocycles. The molecule has 124 heavy (non-hydrogen) atoms. The molecule has 0 aromatic heterocycles. The lowest BCUT2D eigenvalue weighted by molar-refractivity contribution is 0.406. The Balaban J connectivity index is 1.24. The Morgan fingerprint density at radius 3 is 1.02 bits per heavy atom. The number of hydrogen-bond donors (Lipinski definition) is 0. The van der Waals surface area contributed by atoms with E-state index in [1.165, 1.54) is 128 Å². The number of fused-ring (bicyclic) bond motifs is 10. The van der Waals surface area contributed by atoms with Crippen LogP contribution in [-0.2, 0) is 65.0 Å². The highest BCUT2D eigenvalue weighted by atomic mass is 15.2. The summed E-state index contributed by atoms with van der Waals surface area (Å²) in [5, 5.41) is 4.60. The van der Waals surface area contributed by atoms with Crippen molar-refractivity contribution >= 4 is 61.2 Å². The van der Waals surface area contributed by atoms with Crippen molar-refractivity contribution < 1.29 is 0 Å². The normalized spacial score (nSPS) is 15.3. The van der Waals surface area contributed by atoms with Crippen molar-refractivity contribution in [1.82, 2.24) is 0 Å². The summed E-state index contributed by atoms with van der Waals surface area (Å²) in [6, 6.07) is 87.4. The number of benzene rings is 12. The Morgan fingerprint density at radius 1 is 0.266 bits per heavy atom. The first-order valence-electron chi connectivity index (χ1n) is 46.4. The van der Waals surface area contributed by atoms with E-state index in [1.54, 1.807) is 0 Å². The Labute approximate surface area is 750 Å². The second-order valence-electron chi connectivity index (χ2n) is 49.4. The third kappa shape index (κ3) is 18.9. The van der Waals surface area contributed by atoms with E-state index < -0.39 is 0 Å². The van der Waals surface area contributed by atoms with E-state index in [0.717, 1.165) is 74.1 Å². The van der Waals surface area contributed by atoms with Gasteiger partial charge in [-0.2, -0.15) is 0 Å². The summed E-state index contributed by atoms with van der Waals surface area (Å²) in [5.74, 6) is 0.282. The molecular weight excluding hydrogens is 1490 g/mol. The number of anilines is 6. The molecule has 1 unspecified atom stereocenters. The molecular formula is C122H148N2. The Bertz CT molecular complexity index is 5980. The van der Waals surface area contributed by atoms with Crippen molar-refractivity contribution in [3.63, 3.8) is 0 Å². The second-order valence-corrected chi connectivity index (χ2v) is 49.4. The molecule has 1 aliphatic heterocycles. The molecule has 0 amide bonds. The molecule has 2 nitrogen and oxygen atoms in total. The molecule has 0 N–H and O–H groups in total. The van der Waals surface area contributed by atoms with Crippen molar-refractivity contribution in [2.24, 2.45) is 5.92 Å². The second kappa shape index (κ2) is 31.4. The van der Waals surface area contributed by atoms with E-state index in [4.69, 9.17) is 0 Å². The molecule has 1 aliphatic carbocycles. The molecule has 8 bridgehead atoms. The van der Waals surface area contributed by atoms with Crippen LogP contribution in [-0.4, -0.2) is 0 Å². The van der Waals surface area contributed by atoms with Gasteiger partial charge < -0.3 is 9.80 Å². The van der Waals surface area contributed by atoms with Crippen molar-refractivity contribution in [2.75, 3.05) is 9.80 Å². The van der Waals surface area contributed by atoms with E-state index in [0.29, 0.717) is 0 Å². The largest absolute Gasteiger partial charge is 0.309 e. The molecule has 1 heterocycles. The minimum absolute atomic E-state index is 0.103. The number of nitrogens with zero attached hydrogens (tertiary/aromatic N) is 2. The van der Waals surface area contributed by atoms with Gasteiger partial charge in [0.25, 0.3) is 0 Å². The first-order chi connectivity index (χ1) is 57.0. The fourth-order valence-corrected chi connectivity index (χ4v) is 18.3. The van der Waals surface area contributed by atoms with E-state index in [-0.39, 0.29) is 70.9 Å². The van der Waals surface area contributed by atoms with Gasteiger partial charge in [-0.3, -0.25) is 0 Å². The molecule has 646 valence electrons. The maximum absolute atomic E-state index is 2.75. The van der Waals surface area contributed by atoms with Crippen LogP contribution in [0, 0.1) is 5.92 Å². The van der Waals surface area contributed by atoms with Crippen LogP contribution in [0.15, 0.2) is 231 Å². The van der Waals surface area contributed by atoms with E-state index >= 15 is 0 Å². The minimum Gasteiger partial charge on any atom is -0.309 e. The lowest BCUT2D eigenvalue weighted by Gasteiger charge is -2.36. The maximum Gasteiger partial charge on any atom is 0.0620 e. The highest BCUT2D eigenvalue weighted by molar-refractivity contribution is 6.24. The summed E-state index contributed by atoms with van der Waals surface area (Å²) in [6.45, 7) is 83.7. The van der Waals surface area contributed by atoms with Crippen LogP contribution >= 0.6 is 0 Å². The van der Waals surface area contributed by atoms with Gasteiger partial charge in [0.1, 0.15) is 0 Å². The lowest BCUT2D eigenvalue weighted by Crippen LogP contribution is -2.23. The van der Waals surface area contributed by atoms with Crippen molar-refractivity contribution in [2.45, 2.75) is 320 Å². The Kier molecular flexibility index (Phi) is 22.9. The Hall–Kier alpha value is -9.76. The summed E-state index contributed by atoms with van der Waals surface area (Å²) in [4.78, 5) is 5.49. The summed E-state index contributed by atoms with van der Waals surface area (Å²) >= 11 is 0. The highest BCUT2D eigenvalue weighted by Crippen LogP contribution is 2.57. The van der Waals surface area contributed by atoms with Gasteiger partial charge in [-0.05, 0) is 284 Å². The fraction of sp³-hybridized carbons (Fsp3) is 0.410. The summed E-state index contributed by atoms with van der Waals surface area (Å²) < 4.78 is 0. The fourth-order valence-electron chi connectivity index (χ4n) is 18.3. The smallest absolute Gasteiger partial charge is 0.0620 e. The van der Waals surface area contributed by atoms with Gasteiger partial charge in [-0.1, -0.05) is 406 Å². The molecule has 2 aliphatic rings. The zero-order valence-corrected chi connectivity index (χ0v) is 82.8. The molecule has 12 aromatic rings. The maximum atomic E-state index is 2.75. The summed E-state index contributed by atoms with van der Waals surface area (Å²) in [6.07, 6.45) is 9.52. The van der Waals surface area contributed by atoms with Crippen molar-refractivity contribution in [1.29, 1.82) is 0 Å². The van der Waals surface area contributed by atoms with Gasteiger partial charge in [0.05, 0.1) is 11.4 Å². The molecule has 0 radical (unpaired) electrons. The quantitative estimate of drug-likeness (QED) is 0.140. The van der Waals surface area contributed by atoms with Gasteiger partial charge in [-0.15, -0.1) is 0 Å². The van der Waals surface area contributed by atoms with Crippen molar-refractivity contribution in [3.05, 3.63) is 303 Å². The lowest BCUT2D eigenvalue weighted by atomic mass is 9.72. The molecule has 2 heteroatoms. The number of hydrogen-bond acceptors (Lipinski definition) is 2. The van der Waals surface area contributed by atoms with Gasteiger partial charge in [-0.25, -0.2) is 0 Å². The molecule has 14 rings (SSSR count). The van der Waals surface area contributed by atoms with Gasteiger partial charge in [0.15, 0.2) is 0 Å². The van der Waals surface area contributed by atoms with E-state index in [1.807, 2.05) is 0 Å². The molecule has 1 atom stereocenters. The SMILES string of the molecule is CC(C)(C)c1cccc(-c2cc(-c3cc(C(C)(C)C)cc(C(C)(C)C)c3)cc(N3c4cc(cc(C(C)(C)C)c4)-c4cc(C(C)(C)C)cc(c4)C(C)(C)CC4C=C(C=CC4)c4ccc5c(N(c6cc(-c7cc(C(C)(C)C)cc(C(C)(C)C)c7)cc(-c7cc(C(C)(C)C)cc(C(C)(C)C)c7)c6)c6cc(C(C)(C)C)cc(C(C)(C)C)c6)c6ccccc6c3c5c4)c2)c1. The van der Waals surface area contributed by atoms with Crippen LogP contribution in [0.25, 0.3) is 82.8 Å². The summed E-state index contributed by atoms with van der Waals surface area (Å²) in [5.41, 5.74) is 35.0. The Morgan fingerprint density at radius 2 is 0.597 bits per heavy atom. The van der Waals surface area contributed by atoms with Crippen LogP contribution in [0.2, 0.25) is 0 Å².